The highest BCUT2D eigenvalue weighted by Gasteiger charge is 2.33. The minimum absolute atomic E-state index is 0.0123. The fourth-order valence-electron chi connectivity index (χ4n) is 3.92. The van der Waals surface area contributed by atoms with Gasteiger partial charge in [0.05, 0.1) is 5.60 Å². The molecule has 2 aliphatic rings. The Bertz CT molecular complexity index is 412. The maximum absolute atomic E-state index is 12.3. The first-order chi connectivity index (χ1) is 10.9. The molecule has 0 bridgehead atoms. The summed E-state index contributed by atoms with van der Waals surface area (Å²) in [7, 11) is 1.74. The fraction of sp³-hybridized carbons (Fsp3) is 0.889. The summed E-state index contributed by atoms with van der Waals surface area (Å²) in [5.41, 5.74) is -0.709. The molecular formula is C18H32N2O3. The number of hydrogen-bond donors (Lipinski definition) is 2. The van der Waals surface area contributed by atoms with E-state index in [9.17, 15) is 14.7 Å². The van der Waals surface area contributed by atoms with Crippen LogP contribution in [0.1, 0.15) is 71.1 Å². The summed E-state index contributed by atoms with van der Waals surface area (Å²) >= 11 is 0. The summed E-state index contributed by atoms with van der Waals surface area (Å²) in [4.78, 5) is 26.1. The summed E-state index contributed by atoms with van der Waals surface area (Å²) in [6.45, 7) is 2.28. The number of carbonyl (C=O) groups is 2. The van der Waals surface area contributed by atoms with E-state index < -0.39 is 5.60 Å². The van der Waals surface area contributed by atoms with Crippen LogP contribution in [0.5, 0.6) is 0 Å². The molecule has 2 aliphatic carbocycles. The van der Waals surface area contributed by atoms with Crippen LogP contribution in [-0.2, 0) is 9.59 Å². The number of nitrogens with zero attached hydrogens (tertiary/aromatic N) is 1. The average Bonchev–Trinajstić information content (AvgIpc) is 2.94. The second-order valence-corrected chi connectivity index (χ2v) is 7.63. The standard InChI is InChI=1S/C18H32N2O3/c1-14(19-17(22)15-8-4-3-5-9-15)12-16(21)20(2)13-18(23)10-6-7-11-18/h14-15,23H,3-13H2,1-2H3,(H,19,22). The van der Waals surface area contributed by atoms with Crippen molar-refractivity contribution in [1.29, 1.82) is 0 Å². The number of rotatable bonds is 6. The van der Waals surface area contributed by atoms with E-state index in [1.807, 2.05) is 6.92 Å². The fourth-order valence-corrected chi connectivity index (χ4v) is 3.92. The molecule has 2 N–H and O–H groups in total. The van der Waals surface area contributed by atoms with Gasteiger partial charge in [-0.25, -0.2) is 0 Å². The van der Waals surface area contributed by atoms with E-state index in [4.69, 9.17) is 0 Å². The molecule has 0 heterocycles. The summed E-state index contributed by atoms with van der Waals surface area (Å²) in [6, 6.07) is -0.155. The molecule has 2 fully saturated rings. The van der Waals surface area contributed by atoms with Crippen molar-refractivity contribution in [2.24, 2.45) is 5.92 Å². The van der Waals surface area contributed by atoms with Gasteiger partial charge in [-0.05, 0) is 32.6 Å². The topological polar surface area (TPSA) is 69.6 Å². The largest absolute Gasteiger partial charge is 0.388 e. The minimum Gasteiger partial charge on any atom is -0.388 e. The van der Waals surface area contributed by atoms with E-state index in [-0.39, 0.29) is 23.8 Å². The Morgan fingerprint density at radius 3 is 2.39 bits per heavy atom. The Hall–Kier alpha value is -1.10. The van der Waals surface area contributed by atoms with Crippen LogP contribution in [0, 0.1) is 5.92 Å². The van der Waals surface area contributed by atoms with Crippen LogP contribution in [0.2, 0.25) is 0 Å². The third-order valence-electron chi connectivity index (χ3n) is 5.34. The Kier molecular flexibility index (Phi) is 6.45. The van der Waals surface area contributed by atoms with E-state index in [0.717, 1.165) is 51.4 Å². The summed E-state index contributed by atoms with van der Waals surface area (Å²) in [5.74, 6) is 0.210. The maximum atomic E-state index is 12.3. The summed E-state index contributed by atoms with van der Waals surface area (Å²) < 4.78 is 0. The van der Waals surface area contributed by atoms with Crippen molar-refractivity contribution < 1.29 is 14.7 Å². The molecule has 0 radical (unpaired) electrons. The second kappa shape index (κ2) is 8.13. The van der Waals surface area contributed by atoms with Gasteiger partial charge in [-0.1, -0.05) is 32.1 Å². The molecule has 1 unspecified atom stereocenters. The van der Waals surface area contributed by atoms with Crippen LogP contribution in [0.25, 0.3) is 0 Å². The SMILES string of the molecule is CC(CC(=O)N(C)CC1(O)CCCC1)NC(=O)C1CCCCC1. The molecule has 2 saturated carbocycles. The molecule has 132 valence electrons. The second-order valence-electron chi connectivity index (χ2n) is 7.63. The lowest BCUT2D eigenvalue weighted by atomic mass is 9.88. The zero-order valence-electron chi connectivity index (χ0n) is 14.6. The quantitative estimate of drug-likeness (QED) is 0.787. The van der Waals surface area contributed by atoms with E-state index in [2.05, 4.69) is 5.32 Å². The van der Waals surface area contributed by atoms with Crippen molar-refractivity contribution in [2.45, 2.75) is 82.8 Å². The number of carbonyl (C=O) groups excluding carboxylic acids is 2. The molecule has 0 aromatic rings. The molecule has 1 atom stereocenters. The summed E-state index contributed by atoms with van der Waals surface area (Å²) in [6.07, 6.45) is 9.35. The maximum Gasteiger partial charge on any atom is 0.224 e. The molecule has 2 rings (SSSR count). The van der Waals surface area contributed by atoms with Crippen molar-refractivity contribution in [3.8, 4) is 0 Å². The number of likely N-dealkylation sites (N-methyl/N-ethyl adjacent to an activating group) is 1. The third kappa shape index (κ3) is 5.48. The number of hydrogen-bond acceptors (Lipinski definition) is 3. The zero-order chi connectivity index (χ0) is 16.9. The Labute approximate surface area is 139 Å². The van der Waals surface area contributed by atoms with Gasteiger partial charge in [0.25, 0.3) is 0 Å². The lowest BCUT2D eigenvalue weighted by Crippen LogP contribution is -2.45. The Balaban J connectivity index is 1.73. The molecule has 2 amide bonds. The van der Waals surface area contributed by atoms with Crippen LogP contribution in [0.4, 0.5) is 0 Å². The third-order valence-corrected chi connectivity index (χ3v) is 5.34. The highest BCUT2D eigenvalue weighted by molar-refractivity contribution is 5.81. The molecule has 0 spiro atoms. The van der Waals surface area contributed by atoms with Crippen LogP contribution in [0.3, 0.4) is 0 Å². The van der Waals surface area contributed by atoms with Gasteiger partial charge >= 0.3 is 0 Å². The average molecular weight is 324 g/mol. The molecule has 0 aromatic carbocycles. The van der Waals surface area contributed by atoms with Gasteiger partial charge in [0.2, 0.25) is 11.8 Å². The van der Waals surface area contributed by atoms with Crippen LogP contribution in [0.15, 0.2) is 0 Å². The minimum atomic E-state index is -0.709. The zero-order valence-corrected chi connectivity index (χ0v) is 14.6. The van der Waals surface area contributed by atoms with Crippen LogP contribution in [-0.4, -0.2) is 47.1 Å². The Morgan fingerprint density at radius 1 is 1.17 bits per heavy atom. The van der Waals surface area contributed by atoms with Gasteiger partial charge < -0.3 is 15.3 Å². The van der Waals surface area contributed by atoms with Crippen LogP contribution >= 0.6 is 0 Å². The smallest absolute Gasteiger partial charge is 0.224 e. The van der Waals surface area contributed by atoms with E-state index in [1.54, 1.807) is 11.9 Å². The molecule has 0 saturated heterocycles. The van der Waals surface area contributed by atoms with Crippen molar-refractivity contribution in [2.75, 3.05) is 13.6 Å². The predicted molar refractivity (Wildman–Crippen MR) is 89.9 cm³/mol. The first kappa shape index (κ1) is 18.2. The molecular weight excluding hydrogens is 292 g/mol. The van der Waals surface area contributed by atoms with Gasteiger partial charge in [0.1, 0.15) is 0 Å². The van der Waals surface area contributed by atoms with Gasteiger partial charge in [-0.3, -0.25) is 9.59 Å². The number of nitrogens with one attached hydrogen (secondary N) is 1. The monoisotopic (exact) mass is 324 g/mol. The van der Waals surface area contributed by atoms with Crippen molar-refractivity contribution in [3.05, 3.63) is 0 Å². The summed E-state index contributed by atoms with van der Waals surface area (Å²) in [5, 5.41) is 13.4. The van der Waals surface area contributed by atoms with Gasteiger partial charge in [-0.2, -0.15) is 0 Å². The lowest BCUT2D eigenvalue weighted by molar-refractivity contribution is -0.134. The van der Waals surface area contributed by atoms with Gasteiger partial charge in [0, 0.05) is 32.0 Å². The van der Waals surface area contributed by atoms with Crippen molar-refractivity contribution in [1.82, 2.24) is 10.2 Å². The number of amides is 2. The van der Waals surface area contributed by atoms with Crippen molar-refractivity contribution >= 4 is 11.8 Å². The molecule has 5 nitrogen and oxygen atoms in total. The highest BCUT2D eigenvalue weighted by Crippen LogP contribution is 2.30. The van der Waals surface area contributed by atoms with E-state index in [0.29, 0.717) is 13.0 Å². The van der Waals surface area contributed by atoms with Gasteiger partial charge in [0.15, 0.2) is 0 Å². The molecule has 5 heteroatoms. The molecule has 0 aliphatic heterocycles. The van der Waals surface area contributed by atoms with Crippen molar-refractivity contribution in [3.63, 3.8) is 0 Å². The number of aliphatic hydroxyl groups is 1. The van der Waals surface area contributed by atoms with E-state index in [1.165, 1.54) is 6.42 Å². The van der Waals surface area contributed by atoms with Gasteiger partial charge in [-0.15, -0.1) is 0 Å². The lowest BCUT2D eigenvalue weighted by Gasteiger charge is -2.29. The normalized spacial score (nSPS) is 22.6. The first-order valence-corrected chi connectivity index (χ1v) is 9.16. The first-order valence-electron chi connectivity index (χ1n) is 9.16. The van der Waals surface area contributed by atoms with E-state index >= 15 is 0 Å². The van der Waals surface area contributed by atoms with Crippen LogP contribution < -0.4 is 5.32 Å². The molecule has 0 aromatic heterocycles. The molecule has 23 heavy (non-hydrogen) atoms. The Morgan fingerprint density at radius 2 is 1.78 bits per heavy atom. The highest BCUT2D eigenvalue weighted by atomic mass is 16.3. The predicted octanol–water partition coefficient (Wildman–Crippen LogP) is 2.22.